The highest BCUT2D eigenvalue weighted by atomic mass is 17.1. The minimum absolute atomic E-state index is 0. The molecule has 0 aromatic heterocycles. The van der Waals surface area contributed by atoms with Crippen LogP contribution in [0.2, 0.25) is 0 Å². The fraction of sp³-hybridized carbons (Fsp3) is 0.174. The number of carbonyl (C=O) groups excluding carboxylic acids is 1. The van der Waals surface area contributed by atoms with Crippen LogP contribution in [0, 0.1) is 0 Å². The SMILES string of the molecule is NCc1cccc(CNC(=O)OCc2ccccc2)c1.OOCc1ccccc1.[HH].[HH]. The molecule has 0 bridgehead atoms. The van der Waals surface area contributed by atoms with Crippen LogP contribution in [-0.2, 0) is 35.9 Å². The maximum absolute atomic E-state index is 11.6. The Morgan fingerprint density at radius 3 is 1.97 bits per heavy atom. The van der Waals surface area contributed by atoms with E-state index in [1.165, 1.54) is 0 Å². The van der Waals surface area contributed by atoms with E-state index in [1.807, 2.05) is 84.9 Å². The van der Waals surface area contributed by atoms with E-state index in [1.54, 1.807) is 0 Å². The first-order valence-electron chi connectivity index (χ1n) is 9.24. The third kappa shape index (κ3) is 9.03. The molecule has 0 radical (unpaired) electrons. The highest BCUT2D eigenvalue weighted by Crippen LogP contribution is 2.05. The Morgan fingerprint density at radius 1 is 0.828 bits per heavy atom. The predicted octanol–water partition coefficient (Wildman–Crippen LogP) is 4.74. The average molecular weight is 399 g/mol. The summed E-state index contributed by atoms with van der Waals surface area (Å²) in [5.41, 5.74) is 9.56. The van der Waals surface area contributed by atoms with E-state index in [0.717, 1.165) is 22.3 Å². The van der Waals surface area contributed by atoms with Crippen molar-refractivity contribution in [2.45, 2.75) is 26.3 Å². The van der Waals surface area contributed by atoms with Crippen molar-refractivity contribution in [1.82, 2.24) is 5.32 Å². The van der Waals surface area contributed by atoms with Gasteiger partial charge in [-0.05, 0) is 22.3 Å². The van der Waals surface area contributed by atoms with Crippen molar-refractivity contribution in [3.8, 4) is 0 Å². The van der Waals surface area contributed by atoms with Gasteiger partial charge in [-0.3, -0.25) is 5.26 Å². The van der Waals surface area contributed by atoms with E-state index in [9.17, 15) is 4.79 Å². The van der Waals surface area contributed by atoms with Crippen molar-refractivity contribution in [2.75, 3.05) is 0 Å². The zero-order valence-corrected chi connectivity index (χ0v) is 16.2. The first kappa shape index (κ1) is 22.1. The molecule has 29 heavy (non-hydrogen) atoms. The van der Waals surface area contributed by atoms with Crippen LogP contribution in [0.4, 0.5) is 4.79 Å². The van der Waals surface area contributed by atoms with E-state index < -0.39 is 6.09 Å². The van der Waals surface area contributed by atoms with Crippen molar-refractivity contribution >= 4 is 6.09 Å². The molecule has 0 spiro atoms. The molecule has 156 valence electrons. The van der Waals surface area contributed by atoms with Gasteiger partial charge in [0.25, 0.3) is 0 Å². The summed E-state index contributed by atoms with van der Waals surface area (Å²) in [5, 5.41) is 10.7. The molecule has 0 aliphatic heterocycles. The van der Waals surface area contributed by atoms with Gasteiger partial charge in [-0.2, -0.15) is 0 Å². The molecule has 0 saturated heterocycles. The summed E-state index contributed by atoms with van der Waals surface area (Å²) in [4.78, 5) is 15.5. The number of benzene rings is 3. The molecule has 4 N–H and O–H groups in total. The topological polar surface area (TPSA) is 93.8 Å². The smallest absolute Gasteiger partial charge is 0.407 e. The average Bonchev–Trinajstić information content (AvgIpc) is 2.78. The van der Waals surface area contributed by atoms with E-state index in [0.29, 0.717) is 13.1 Å². The van der Waals surface area contributed by atoms with Gasteiger partial charge < -0.3 is 15.8 Å². The molecule has 0 heterocycles. The number of amides is 1. The summed E-state index contributed by atoms with van der Waals surface area (Å²) in [6.07, 6.45) is -0.424. The van der Waals surface area contributed by atoms with Gasteiger partial charge in [-0.15, -0.1) is 0 Å². The molecular formula is C23H30N2O4. The zero-order chi connectivity index (χ0) is 20.7. The summed E-state index contributed by atoms with van der Waals surface area (Å²) in [6.45, 7) is 1.46. The summed E-state index contributed by atoms with van der Waals surface area (Å²) in [7, 11) is 0. The second-order valence-electron chi connectivity index (χ2n) is 6.20. The van der Waals surface area contributed by atoms with E-state index in [-0.39, 0.29) is 16.1 Å². The van der Waals surface area contributed by atoms with Crippen LogP contribution in [0.1, 0.15) is 25.1 Å². The quantitative estimate of drug-likeness (QED) is 0.395. The number of nitrogens with two attached hydrogens (primary N) is 1. The van der Waals surface area contributed by atoms with Crippen LogP contribution < -0.4 is 11.1 Å². The van der Waals surface area contributed by atoms with Crippen LogP contribution in [-0.4, -0.2) is 11.4 Å². The van der Waals surface area contributed by atoms with Gasteiger partial charge in [-0.1, -0.05) is 84.9 Å². The van der Waals surface area contributed by atoms with Gasteiger partial charge in [0.1, 0.15) is 13.2 Å². The molecule has 3 rings (SSSR count). The first-order chi connectivity index (χ1) is 14.2. The first-order valence-corrected chi connectivity index (χ1v) is 9.24. The molecule has 3 aromatic rings. The molecule has 3 aromatic carbocycles. The maximum atomic E-state index is 11.6. The lowest BCUT2D eigenvalue weighted by Crippen LogP contribution is -2.23. The number of hydrogen-bond donors (Lipinski definition) is 3. The predicted molar refractivity (Wildman–Crippen MR) is 116 cm³/mol. The van der Waals surface area contributed by atoms with Crippen molar-refractivity contribution in [2.24, 2.45) is 5.73 Å². The summed E-state index contributed by atoms with van der Waals surface area (Å²) in [5.74, 6) is 0. The summed E-state index contributed by atoms with van der Waals surface area (Å²) >= 11 is 0. The number of hydrogen-bond acceptors (Lipinski definition) is 5. The Morgan fingerprint density at radius 2 is 1.38 bits per heavy atom. The van der Waals surface area contributed by atoms with Crippen LogP contribution in [0.3, 0.4) is 0 Å². The highest BCUT2D eigenvalue weighted by molar-refractivity contribution is 5.67. The van der Waals surface area contributed by atoms with E-state index >= 15 is 0 Å². The lowest BCUT2D eigenvalue weighted by atomic mass is 10.1. The van der Waals surface area contributed by atoms with Gasteiger partial charge in [-0.25, -0.2) is 9.68 Å². The molecule has 6 nitrogen and oxygen atoms in total. The number of rotatable bonds is 7. The highest BCUT2D eigenvalue weighted by Gasteiger charge is 2.03. The van der Waals surface area contributed by atoms with Gasteiger partial charge in [0, 0.05) is 15.9 Å². The van der Waals surface area contributed by atoms with Crippen molar-refractivity contribution in [3.05, 3.63) is 107 Å². The molecule has 0 saturated carbocycles. The third-order valence-corrected chi connectivity index (χ3v) is 3.95. The van der Waals surface area contributed by atoms with Crippen molar-refractivity contribution < 1.29 is 22.5 Å². The van der Waals surface area contributed by atoms with Crippen LogP contribution in [0.5, 0.6) is 0 Å². The van der Waals surface area contributed by atoms with Crippen LogP contribution >= 0.6 is 0 Å². The Bertz CT molecular complexity index is 852. The molecule has 0 aliphatic carbocycles. The summed E-state index contributed by atoms with van der Waals surface area (Å²) < 4.78 is 5.13. The van der Waals surface area contributed by atoms with Gasteiger partial charge >= 0.3 is 6.09 Å². The molecule has 0 fully saturated rings. The minimum atomic E-state index is -0.424. The second-order valence-corrected chi connectivity index (χ2v) is 6.20. The second kappa shape index (κ2) is 13.1. The Labute approximate surface area is 173 Å². The normalized spacial score (nSPS) is 9.86. The lowest BCUT2D eigenvalue weighted by molar-refractivity contribution is -0.253. The lowest BCUT2D eigenvalue weighted by Gasteiger charge is -2.08. The Hall–Kier alpha value is -3.19. The largest absolute Gasteiger partial charge is 0.445 e. The molecular weight excluding hydrogens is 368 g/mol. The molecule has 0 unspecified atom stereocenters. The van der Waals surface area contributed by atoms with Gasteiger partial charge in [0.05, 0.1) is 0 Å². The third-order valence-electron chi connectivity index (χ3n) is 3.95. The van der Waals surface area contributed by atoms with Crippen molar-refractivity contribution in [1.29, 1.82) is 0 Å². The molecule has 6 heteroatoms. The Kier molecular flexibility index (Phi) is 9.96. The van der Waals surface area contributed by atoms with Gasteiger partial charge in [0.2, 0.25) is 0 Å². The zero-order valence-electron chi connectivity index (χ0n) is 16.2. The number of nitrogens with one attached hydrogen (secondary N) is 1. The monoisotopic (exact) mass is 398 g/mol. The molecule has 0 aliphatic rings. The van der Waals surface area contributed by atoms with Gasteiger partial charge in [0.15, 0.2) is 0 Å². The van der Waals surface area contributed by atoms with Crippen LogP contribution in [0.15, 0.2) is 84.9 Å². The fourth-order valence-corrected chi connectivity index (χ4v) is 2.46. The van der Waals surface area contributed by atoms with Crippen LogP contribution in [0.25, 0.3) is 0 Å². The van der Waals surface area contributed by atoms with E-state index in [2.05, 4.69) is 10.2 Å². The summed E-state index contributed by atoms with van der Waals surface area (Å²) in [6, 6.07) is 26.9. The van der Waals surface area contributed by atoms with Crippen molar-refractivity contribution in [3.63, 3.8) is 0 Å². The maximum Gasteiger partial charge on any atom is 0.407 e. The number of ether oxygens (including phenoxy) is 1. The molecule has 1 amide bonds. The molecule has 0 atom stereocenters. The minimum Gasteiger partial charge on any atom is -0.445 e. The standard InChI is InChI=1S/C16H18N2O2.C7H8O2.2H2/c17-10-14-7-4-8-15(9-14)11-18-16(19)20-12-13-5-2-1-3-6-13;8-9-6-7-4-2-1-3-5-7;;/h1-9H,10-12,17H2,(H,18,19);1-5,8H,6H2;2*1H. The Balaban J connectivity index is 0.000000695. The fourth-order valence-electron chi connectivity index (χ4n) is 2.46. The number of carbonyl (C=O) groups is 1. The van der Waals surface area contributed by atoms with E-state index in [4.69, 9.17) is 15.7 Å². The number of alkyl carbamates (subject to hydrolysis) is 1.